The van der Waals surface area contributed by atoms with Crippen molar-refractivity contribution in [3.05, 3.63) is 65.4 Å². The third kappa shape index (κ3) is 5.07. The summed E-state index contributed by atoms with van der Waals surface area (Å²) in [5.74, 6) is 0.905. The number of furan rings is 1. The van der Waals surface area contributed by atoms with E-state index >= 15 is 0 Å². The first-order valence-corrected chi connectivity index (χ1v) is 10.4. The highest BCUT2D eigenvalue weighted by Crippen LogP contribution is 2.24. The van der Waals surface area contributed by atoms with Crippen LogP contribution in [0.15, 0.2) is 58.5 Å². The Morgan fingerprint density at radius 2 is 1.86 bits per heavy atom. The van der Waals surface area contributed by atoms with Gasteiger partial charge in [0.15, 0.2) is 10.8 Å². The third-order valence-corrected chi connectivity index (χ3v) is 5.74. The average molecular weight is 397 g/mol. The summed E-state index contributed by atoms with van der Waals surface area (Å²) in [4.78, 5) is 21.5. The number of nitrogens with zero attached hydrogens (tertiary/aromatic N) is 3. The largest absolute Gasteiger partial charge is 0.462 e. The normalized spacial score (nSPS) is 15.6. The second-order valence-electron chi connectivity index (χ2n) is 6.94. The minimum Gasteiger partial charge on any atom is -0.462 e. The molecule has 0 saturated carbocycles. The molecule has 2 aromatic heterocycles. The quantitative estimate of drug-likeness (QED) is 0.665. The Morgan fingerprint density at radius 1 is 1.07 bits per heavy atom. The van der Waals surface area contributed by atoms with Crippen LogP contribution < -0.4 is 5.32 Å². The number of nitrogens with one attached hydrogen (secondary N) is 1. The smallest absolute Gasteiger partial charge is 0.234 e. The highest BCUT2D eigenvalue weighted by Gasteiger charge is 2.20. The number of carbonyl (C=O) groups excluding carboxylic acids is 1. The summed E-state index contributed by atoms with van der Waals surface area (Å²) in [6, 6.07) is 13.8. The van der Waals surface area contributed by atoms with Crippen molar-refractivity contribution in [2.75, 3.05) is 32.7 Å². The number of amides is 1. The molecule has 0 unspecified atom stereocenters. The van der Waals surface area contributed by atoms with Gasteiger partial charge in [-0.05, 0) is 17.7 Å². The van der Waals surface area contributed by atoms with Crippen molar-refractivity contribution in [3.8, 4) is 10.8 Å². The first kappa shape index (κ1) is 18.9. The lowest BCUT2D eigenvalue weighted by atomic mass is 10.2. The van der Waals surface area contributed by atoms with Gasteiger partial charge in [0.1, 0.15) is 0 Å². The highest BCUT2D eigenvalue weighted by atomic mass is 32.1. The second-order valence-corrected chi connectivity index (χ2v) is 7.79. The molecular weight excluding hydrogens is 372 g/mol. The van der Waals surface area contributed by atoms with Crippen LogP contribution in [0.4, 0.5) is 0 Å². The molecule has 1 N–H and O–H groups in total. The van der Waals surface area contributed by atoms with Crippen LogP contribution in [0.3, 0.4) is 0 Å². The van der Waals surface area contributed by atoms with E-state index in [0.717, 1.165) is 54.7 Å². The Kier molecular flexibility index (Phi) is 6.16. The first-order valence-electron chi connectivity index (χ1n) is 9.50. The fourth-order valence-corrected chi connectivity index (χ4v) is 4.06. The van der Waals surface area contributed by atoms with Crippen LogP contribution in [0.5, 0.6) is 0 Å². The van der Waals surface area contributed by atoms with Crippen molar-refractivity contribution in [2.45, 2.75) is 13.1 Å². The van der Waals surface area contributed by atoms with Gasteiger partial charge < -0.3 is 9.73 Å². The van der Waals surface area contributed by atoms with E-state index in [-0.39, 0.29) is 5.91 Å². The van der Waals surface area contributed by atoms with Gasteiger partial charge in [-0.25, -0.2) is 4.98 Å². The van der Waals surface area contributed by atoms with E-state index in [9.17, 15) is 4.79 Å². The summed E-state index contributed by atoms with van der Waals surface area (Å²) < 4.78 is 5.41. The van der Waals surface area contributed by atoms with Crippen molar-refractivity contribution >= 4 is 17.2 Å². The Balaban J connectivity index is 1.19. The van der Waals surface area contributed by atoms with Gasteiger partial charge in [-0.2, -0.15) is 0 Å². The van der Waals surface area contributed by atoms with Gasteiger partial charge in [0, 0.05) is 44.6 Å². The fourth-order valence-electron chi connectivity index (χ4n) is 3.28. The average Bonchev–Trinajstić information content (AvgIpc) is 3.41. The van der Waals surface area contributed by atoms with Crippen molar-refractivity contribution < 1.29 is 9.21 Å². The lowest BCUT2D eigenvalue weighted by Gasteiger charge is -2.33. The number of hydrogen-bond donors (Lipinski definition) is 1. The predicted molar refractivity (Wildman–Crippen MR) is 110 cm³/mol. The van der Waals surface area contributed by atoms with E-state index in [4.69, 9.17) is 4.42 Å². The van der Waals surface area contributed by atoms with Crippen LogP contribution in [0.1, 0.15) is 11.3 Å². The maximum atomic E-state index is 12.2. The van der Waals surface area contributed by atoms with Gasteiger partial charge in [0.2, 0.25) is 5.91 Å². The van der Waals surface area contributed by atoms with E-state index in [2.05, 4.69) is 25.5 Å². The number of rotatable bonds is 7. The molecule has 1 aromatic carbocycles. The van der Waals surface area contributed by atoms with Crippen LogP contribution in [-0.4, -0.2) is 53.4 Å². The van der Waals surface area contributed by atoms with Crippen LogP contribution in [-0.2, 0) is 17.9 Å². The van der Waals surface area contributed by atoms with Gasteiger partial charge in [0.05, 0.1) is 18.5 Å². The molecule has 1 aliphatic rings. The number of hydrogen-bond acceptors (Lipinski definition) is 6. The fraction of sp³-hybridized carbons (Fsp3) is 0.333. The van der Waals surface area contributed by atoms with Gasteiger partial charge >= 0.3 is 0 Å². The molecule has 0 aliphatic carbocycles. The van der Waals surface area contributed by atoms with E-state index in [1.807, 2.05) is 42.5 Å². The number of piperazine rings is 1. The molecule has 3 heterocycles. The van der Waals surface area contributed by atoms with Gasteiger partial charge in [-0.3, -0.25) is 14.6 Å². The summed E-state index contributed by atoms with van der Waals surface area (Å²) in [6.45, 7) is 5.56. The second kappa shape index (κ2) is 9.14. The maximum absolute atomic E-state index is 12.2. The number of thiazole rings is 1. The van der Waals surface area contributed by atoms with Crippen LogP contribution >= 0.6 is 11.3 Å². The predicted octanol–water partition coefficient (Wildman–Crippen LogP) is 2.84. The Bertz CT molecular complexity index is 871. The number of benzene rings is 1. The molecule has 1 fully saturated rings. The van der Waals surface area contributed by atoms with E-state index < -0.39 is 0 Å². The summed E-state index contributed by atoms with van der Waals surface area (Å²) in [5, 5.41) is 6.02. The topological polar surface area (TPSA) is 61.6 Å². The van der Waals surface area contributed by atoms with E-state index in [1.54, 1.807) is 17.6 Å². The molecule has 1 amide bonds. The molecule has 146 valence electrons. The molecule has 1 saturated heterocycles. The minimum atomic E-state index is 0.0832. The first-order chi connectivity index (χ1) is 13.8. The minimum absolute atomic E-state index is 0.0832. The maximum Gasteiger partial charge on any atom is 0.234 e. The molecular formula is C21H24N4O2S. The molecule has 7 heteroatoms. The van der Waals surface area contributed by atoms with E-state index in [1.165, 1.54) is 0 Å². The molecule has 4 rings (SSSR count). The summed E-state index contributed by atoms with van der Waals surface area (Å²) in [5.41, 5.74) is 2.20. The Morgan fingerprint density at radius 3 is 2.61 bits per heavy atom. The van der Waals surface area contributed by atoms with Crippen LogP contribution in [0.25, 0.3) is 10.8 Å². The van der Waals surface area contributed by atoms with Gasteiger partial charge in [-0.1, -0.05) is 30.3 Å². The molecule has 28 heavy (non-hydrogen) atoms. The molecule has 0 atom stereocenters. The zero-order valence-corrected chi connectivity index (χ0v) is 16.5. The van der Waals surface area contributed by atoms with Crippen molar-refractivity contribution in [2.24, 2.45) is 0 Å². The lowest BCUT2D eigenvalue weighted by Crippen LogP contribution is -2.49. The summed E-state index contributed by atoms with van der Waals surface area (Å²) >= 11 is 1.61. The lowest BCUT2D eigenvalue weighted by molar-refractivity contribution is -0.122. The Hall–Kier alpha value is -2.48. The summed E-state index contributed by atoms with van der Waals surface area (Å²) in [6.07, 6.45) is 1.67. The molecule has 0 bridgehead atoms. The van der Waals surface area contributed by atoms with Crippen molar-refractivity contribution in [3.63, 3.8) is 0 Å². The third-order valence-electron chi connectivity index (χ3n) is 4.83. The highest BCUT2D eigenvalue weighted by molar-refractivity contribution is 7.13. The summed E-state index contributed by atoms with van der Waals surface area (Å²) in [7, 11) is 0. The molecule has 6 nitrogen and oxygen atoms in total. The molecule has 0 radical (unpaired) electrons. The SMILES string of the molecule is O=C(CN1CCN(Cc2csc(-c3ccco3)n2)CC1)NCc1ccccc1. The molecule has 1 aliphatic heterocycles. The zero-order valence-electron chi connectivity index (χ0n) is 15.7. The standard InChI is InChI=1S/C21H24N4O2S/c26-20(22-13-17-5-2-1-3-6-17)15-25-10-8-24(9-11-25)14-18-16-28-21(23-18)19-7-4-12-27-19/h1-7,12,16H,8-11,13-15H2,(H,22,26). The van der Waals surface area contributed by atoms with Gasteiger partial charge in [0.25, 0.3) is 0 Å². The van der Waals surface area contributed by atoms with Crippen LogP contribution in [0, 0.1) is 0 Å². The van der Waals surface area contributed by atoms with Crippen molar-refractivity contribution in [1.29, 1.82) is 0 Å². The van der Waals surface area contributed by atoms with Crippen molar-refractivity contribution in [1.82, 2.24) is 20.1 Å². The van der Waals surface area contributed by atoms with Gasteiger partial charge in [-0.15, -0.1) is 11.3 Å². The van der Waals surface area contributed by atoms with Crippen LogP contribution in [0.2, 0.25) is 0 Å². The molecule has 3 aromatic rings. The zero-order chi connectivity index (χ0) is 19.2. The monoisotopic (exact) mass is 396 g/mol. The molecule has 0 spiro atoms. The number of carbonyl (C=O) groups is 1. The number of aromatic nitrogens is 1. The van der Waals surface area contributed by atoms with E-state index in [0.29, 0.717) is 13.1 Å². The Labute approximate surface area is 168 Å².